The van der Waals surface area contributed by atoms with Gasteiger partial charge in [0.25, 0.3) is 5.91 Å². The zero-order valence-corrected chi connectivity index (χ0v) is 16.4. The molecule has 0 aliphatic carbocycles. The summed E-state index contributed by atoms with van der Waals surface area (Å²) in [5.74, 6) is -0.128. The third-order valence-electron chi connectivity index (χ3n) is 4.87. The molecule has 1 amide bonds. The SMILES string of the molecule is CCc1c(C(=O)NC(C)c2ccc(-n3cncn3)cc2)cnn1-c1ccccc1. The maximum Gasteiger partial charge on any atom is 0.255 e. The van der Waals surface area contributed by atoms with Gasteiger partial charge in [-0.05, 0) is 43.2 Å². The van der Waals surface area contributed by atoms with Crippen molar-refractivity contribution in [3.63, 3.8) is 0 Å². The highest BCUT2D eigenvalue weighted by molar-refractivity contribution is 5.95. The molecule has 146 valence electrons. The van der Waals surface area contributed by atoms with Crippen LogP contribution in [0.3, 0.4) is 0 Å². The molecule has 2 heterocycles. The summed E-state index contributed by atoms with van der Waals surface area (Å²) in [6, 6.07) is 17.6. The van der Waals surface area contributed by atoms with E-state index >= 15 is 0 Å². The van der Waals surface area contributed by atoms with Gasteiger partial charge < -0.3 is 5.32 Å². The van der Waals surface area contributed by atoms with Crippen LogP contribution in [-0.2, 0) is 6.42 Å². The number of rotatable bonds is 6. The molecule has 0 saturated carbocycles. The van der Waals surface area contributed by atoms with E-state index in [4.69, 9.17) is 0 Å². The van der Waals surface area contributed by atoms with E-state index in [1.807, 2.05) is 73.1 Å². The highest BCUT2D eigenvalue weighted by Gasteiger charge is 2.19. The van der Waals surface area contributed by atoms with E-state index in [0.29, 0.717) is 12.0 Å². The Balaban J connectivity index is 1.51. The molecule has 29 heavy (non-hydrogen) atoms. The fourth-order valence-corrected chi connectivity index (χ4v) is 3.31. The number of amides is 1. The number of hydrogen-bond acceptors (Lipinski definition) is 4. The van der Waals surface area contributed by atoms with Crippen LogP contribution in [0.5, 0.6) is 0 Å². The summed E-state index contributed by atoms with van der Waals surface area (Å²) in [7, 11) is 0. The molecule has 0 aliphatic heterocycles. The first-order valence-corrected chi connectivity index (χ1v) is 9.55. The van der Waals surface area contributed by atoms with E-state index in [-0.39, 0.29) is 11.9 Å². The quantitative estimate of drug-likeness (QED) is 0.550. The summed E-state index contributed by atoms with van der Waals surface area (Å²) in [6.07, 6.45) is 5.49. The molecule has 7 heteroatoms. The fourth-order valence-electron chi connectivity index (χ4n) is 3.31. The van der Waals surface area contributed by atoms with Gasteiger partial charge in [0.1, 0.15) is 12.7 Å². The van der Waals surface area contributed by atoms with E-state index in [2.05, 4.69) is 20.5 Å². The second-order valence-electron chi connectivity index (χ2n) is 6.73. The second-order valence-corrected chi connectivity index (χ2v) is 6.73. The number of aromatic nitrogens is 5. The van der Waals surface area contributed by atoms with Crippen molar-refractivity contribution in [3.05, 3.63) is 90.3 Å². The maximum atomic E-state index is 12.9. The van der Waals surface area contributed by atoms with Gasteiger partial charge in [-0.25, -0.2) is 14.3 Å². The average molecular weight is 386 g/mol. The molecular formula is C22H22N6O. The number of hydrogen-bond donors (Lipinski definition) is 1. The third-order valence-corrected chi connectivity index (χ3v) is 4.87. The summed E-state index contributed by atoms with van der Waals surface area (Å²) >= 11 is 0. The van der Waals surface area contributed by atoms with Crippen LogP contribution in [0, 0.1) is 0 Å². The van der Waals surface area contributed by atoms with Crippen LogP contribution in [0.15, 0.2) is 73.4 Å². The first-order chi connectivity index (χ1) is 14.2. The Morgan fingerprint density at radius 3 is 2.45 bits per heavy atom. The van der Waals surface area contributed by atoms with Crippen LogP contribution in [0.25, 0.3) is 11.4 Å². The minimum atomic E-state index is -0.142. The number of para-hydroxylation sites is 1. The maximum absolute atomic E-state index is 12.9. The smallest absolute Gasteiger partial charge is 0.255 e. The topological polar surface area (TPSA) is 77.6 Å². The Kier molecular flexibility index (Phi) is 5.20. The molecule has 1 atom stereocenters. The summed E-state index contributed by atoms with van der Waals surface area (Å²) in [5, 5.41) is 11.6. The lowest BCUT2D eigenvalue weighted by molar-refractivity contribution is 0.0939. The van der Waals surface area contributed by atoms with Crippen molar-refractivity contribution in [1.29, 1.82) is 0 Å². The van der Waals surface area contributed by atoms with Crippen LogP contribution in [-0.4, -0.2) is 30.5 Å². The molecule has 2 aromatic heterocycles. The summed E-state index contributed by atoms with van der Waals surface area (Å²) in [5.41, 5.74) is 4.36. The molecule has 0 saturated heterocycles. The molecule has 4 aromatic rings. The average Bonchev–Trinajstić information content (AvgIpc) is 3.44. The van der Waals surface area contributed by atoms with Gasteiger partial charge in [0.2, 0.25) is 0 Å². The normalized spacial score (nSPS) is 11.9. The van der Waals surface area contributed by atoms with Crippen LogP contribution >= 0.6 is 0 Å². The molecule has 0 bridgehead atoms. The number of nitrogens with zero attached hydrogens (tertiary/aromatic N) is 5. The monoisotopic (exact) mass is 386 g/mol. The van der Waals surface area contributed by atoms with E-state index in [1.165, 1.54) is 6.33 Å². The standard InChI is InChI=1S/C22H22N6O/c1-3-21-20(13-24-28(21)19-7-5-4-6-8-19)22(29)26-16(2)17-9-11-18(12-10-17)27-15-23-14-25-27/h4-16H,3H2,1-2H3,(H,26,29). The number of carbonyl (C=O) groups is 1. The van der Waals surface area contributed by atoms with Crippen molar-refractivity contribution in [3.8, 4) is 11.4 Å². The van der Waals surface area contributed by atoms with Gasteiger partial charge in [-0.15, -0.1) is 0 Å². The highest BCUT2D eigenvalue weighted by Crippen LogP contribution is 2.19. The molecule has 0 spiro atoms. The fraction of sp³-hybridized carbons (Fsp3) is 0.182. The van der Waals surface area contributed by atoms with Crippen molar-refractivity contribution >= 4 is 5.91 Å². The molecular weight excluding hydrogens is 364 g/mol. The first-order valence-electron chi connectivity index (χ1n) is 9.55. The van der Waals surface area contributed by atoms with Crippen molar-refractivity contribution in [2.24, 2.45) is 0 Å². The van der Waals surface area contributed by atoms with Gasteiger partial charge in [-0.2, -0.15) is 10.2 Å². The lowest BCUT2D eigenvalue weighted by atomic mass is 10.1. The molecule has 0 aliphatic rings. The van der Waals surface area contributed by atoms with Crippen LogP contribution in [0.2, 0.25) is 0 Å². The number of benzene rings is 2. The number of carbonyl (C=O) groups excluding carboxylic acids is 1. The van der Waals surface area contributed by atoms with Gasteiger partial charge in [0.15, 0.2) is 0 Å². The molecule has 0 fully saturated rings. The minimum Gasteiger partial charge on any atom is -0.345 e. The Morgan fingerprint density at radius 1 is 1.03 bits per heavy atom. The number of nitrogens with one attached hydrogen (secondary N) is 1. The predicted molar refractivity (Wildman–Crippen MR) is 110 cm³/mol. The second kappa shape index (κ2) is 8.10. The van der Waals surface area contributed by atoms with Crippen molar-refractivity contribution in [2.45, 2.75) is 26.3 Å². The first kappa shape index (κ1) is 18.6. The van der Waals surface area contributed by atoms with Crippen LogP contribution in [0.4, 0.5) is 0 Å². The Hall–Kier alpha value is -3.74. The molecule has 1 N–H and O–H groups in total. The highest BCUT2D eigenvalue weighted by atomic mass is 16.1. The molecule has 1 unspecified atom stereocenters. The molecule has 2 aromatic carbocycles. The van der Waals surface area contributed by atoms with Gasteiger partial charge in [0, 0.05) is 0 Å². The van der Waals surface area contributed by atoms with E-state index in [0.717, 1.165) is 22.6 Å². The Labute approximate surface area is 169 Å². The van der Waals surface area contributed by atoms with Gasteiger partial charge in [-0.3, -0.25) is 4.79 Å². The van der Waals surface area contributed by atoms with Crippen molar-refractivity contribution in [1.82, 2.24) is 29.9 Å². The van der Waals surface area contributed by atoms with Gasteiger partial charge in [-0.1, -0.05) is 37.3 Å². The van der Waals surface area contributed by atoms with Crippen molar-refractivity contribution in [2.75, 3.05) is 0 Å². The van der Waals surface area contributed by atoms with Crippen LogP contribution < -0.4 is 5.32 Å². The largest absolute Gasteiger partial charge is 0.345 e. The van der Waals surface area contributed by atoms with Gasteiger partial charge >= 0.3 is 0 Å². The van der Waals surface area contributed by atoms with E-state index < -0.39 is 0 Å². The lowest BCUT2D eigenvalue weighted by Crippen LogP contribution is -2.27. The zero-order chi connectivity index (χ0) is 20.2. The Bertz CT molecular complexity index is 1080. The van der Waals surface area contributed by atoms with Gasteiger partial charge in [0.05, 0.1) is 34.9 Å². The predicted octanol–water partition coefficient (Wildman–Crippen LogP) is 3.51. The molecule has 7 nitrogen and oxygen atoms in total. The summed E-state index contributed by atoms with van der Waals surface area (Å²) in [4.78, 5) is 16.9. The molecule has 4 rings (SSSR count). The van der Waals surface area contributed by atoms with Crippen molar-refractivity contribution < 1.29 is 4.79 Å². The Morgan fingerprint density at radius 2 is 1.79 bits per heavy atom. The minimum absolute atomic E-state index is 0.128. The van der Waals surface area contributed by atoms with Crippen LogP contribution in [0.1, 0.15) is 41.5 Å². The lowest BCUT2D eigenvalue weighted by Gasteiger charge is -2.15. The van der Waals surface area contributed by atoms with E-state index in [1.54, 1.807) is 17.2 Å². The molecule has 0 radical (unpaired) electrons. The summed E-state index contributed by atoms with van der Waals surface area (Å²) in [6.45, 7) is 4.00. The van der Waals surface area contributed by atoms with E-state index in [9.17, 15) is 4.79 Å². The summed E-state index contributed by atoms with van der Waals surface area (Å²) < 4.78 is 3.52. The zero-order valence-electron chi connectivity index (χ0n) is 16.4. The third kappa shape index (κ3) is 3.80.